The van der Waals surface area contributed by atoms with Gasteiger partial charge in [-0.25, -0.2) is 9.67 Å². The van der Waals surface area contributed by atoms with Gasteiger partial charge in [0.1, 0.15) is 6.07 Å². The maximum atomic E-state index is 9.72. The van der Waals surface area contributed by atoms with E-state index in [2.05, 4.69) is 42.0 Å². The molecule has 3 aromatic rings. The molecule has 0 amide bonds. The van der Waals surface area contributed by atoms with E-state index in [-0.39, 0.29) is 5.41 Å². The van der Waals surface area contributed by atoms with E-state index in [4.69, 9.17) is 0 Å². The molecule has 0 aliphatic heterocycles. The van der Waals surface area contributed by atoms with Crippen molar-refractivity contribution >= 4 is 11.6 Å². The smallest absolute Gasteiger partial charge is 0.181 e. The minimum Gasteiger partial charge on any atom is -0.275 e. The van der Waals surface area contributed by atoms with Crippen LogP contribution in [-0.2, 0) is 19.5 Å². The van der Waals surface area contributed by atoms with E-state index in [9.17, 15) is 5.26 Å². The number of aryl methyl sites for hydroxylation is 2. The third-order valence-electron chi connectivity index (χ3n) is 4.02. The van der Waals surface area contributed by atoms with E-state index in [0.717, 1.165) is 16.8 Å². The summed E-state index contributed by atoms with van der Waals surface area (Å²) in [5.41, 5.74) is 3.12. The molecular formula is C20H22N6. The van der Waals surface area contributed by atoms with Crippen LogP contribution in [0.5, 0.6) is 0 Å². The maximum Gasteiger partial charge on any atom is 0.181 e. The van der Waals surface area contributed by atoms with Crippen LogP contribution in [0.4, 0.5) is 0 Å². The van der Waals surface area contributed by atoms with Crippen LogP contribution in [-0.4, -0.2) is 24.5 Å². The second-order valence-electron chi connectivity index (χ2n) is 7.28. The van der Waals surface area contributed by atoms with Crippen molar-refractivity contribution in [3.63, 3.8) is 0 Å². The highest BCUT2D eigenvalue weighted by atomic mass is 15.3. The first-order chi connectivity index (χ1) is 12.3. The van der Waals surface area contributed by atoms with Gasteiger partial charge < -0.3 is 0 Å². The monoisotopic (exact) mass is 346 g/mol. The Morgan fingerprint density at radius 1 is 1.12 bits per heavy atom. The molecule has 2 aromatic heterocycles. The Kier molecular flexibility index (Phi) is 4.47. The number of aromatic nitrogens is 5. The van der Waals surface area contributed by atoms with Crippen molar-refractivity contribution in [3.05, 3.63) is 53.6 Å². The first kappa shape index (κ1) is 17.6. The molecule has 0 aliphatic carbocycles. The largest absolute Gasteiger partial charge is 0.275 e. The highest BCUT2D eigenvalue weighted by Crippen LogP contribution is 2.27. The molecule has 0 bridgehead atoms. The molecule has 3 rings (SSSR count). The summed E-state index contributed by atoms with van der Waals surface area (Å²) in [7, 11) is 3.68. The molecule has 1 aromatic carbocycles. The van der Waals surface area contributed by atoms with Gasteiger partial charge in [0.25, 0.3) is 0 Å². The number of nitriles is 1. The topological polar surface area (TPSA) is 72.3 Å². The number of allylic oxidation sites excluding steroid dienone is 1. The van der Waals surface area contributed by atoms with E-state index in [0.29, 0.717) is 17.2 Å². The second kappa shape index (κ2) is 6.60. The molecule has 0 radical (unpaired) electrons. The van der Waals surface area contributed by atoms with Crippen molar-refractivity contribution in [2.45, 2.75) is 26.2 Å². The van der Waals surface area contributed by atoms with E-state index in [1.54, 1.807) is 16.4 Å². The summed E-state index contributed by atoms with van der Waals surface area (Å²) in [4.78, 5) is 4.58. The Hall–Kier alpha value is -3.20. The zero-order valence-electron chi connectivity index (χ0n) is 15.7. The summed E-state index contributed by atoms with van der Waals surface area (Å²) in [5.74, 6) is 1.14. The maximum absolute atomic E-state index is 9.72. The summed E-state index contributed by atoms with van der Waals surface area (Å²) < 4.78 is 3.41. The van der Waals surface area contributed by atoms with E-state index in [1.165, 1.54) is 0 Å². The molecule has 6 heteroatoms. The summed E-state index contributed by atoms with van der Waals surface area (Å²) >= 11 is 0. The van der Waals surface area contributed by atoms with Crippen LogP contribution >= 0.6 is 0 Å². The molecule has 0 fully saturated rings. The van der Waals surface area contributed by atoms with Gasteiger partial charge in [0.2, 0.25) is 0 Å². The summed E-state index contributed by atoms with van der Waals surface area (Å²) in [5, 5.41) is 18.7. The fraction of sp³-hybridized carbons (Fsp3) is 0.300. The van der Waals surface area contributed by atoms with Crippen molar-refractivity contribution in [1.82, 2.24) is 24.5 Å². The molecule has 0 saturated carbocycles. The fourth-order valence-electron chi connectivity index (χ4n) is 2.83. The van der Waals surface area contributed by atoms with Crippen LogP contribution in [0.25, 0.3) is 23.0 Å². The van der Waals surface area contributed by atoms with Crippen LogP contribution in [0, 0.1) is 11.3 Å². The Morgan fingerprint density at radius 3 is 2.42 bits per heavy atom. The highest BCUT2D eigenvalue weighted by Gasteiger charge is 2.22. The van der Waals surface area contributed by atoms with E-state index < -0.39 is 0 Å². The molecule has 0 N–H and O–H groups in total. The molecule has 0 saturated heterocycles. The Labute approximate surface area is 153 Å². The van der Waals surface area contributed by atoms with Crippen LogP contribution in [0.15, 0.2) is 36.5 Å². The third kappa shape index (κ3) is 3.42. The zero-order valence-corrected chi connectivity index (χ0v) is 15.7. The van der Waals surface area contributed by atoms with Crippen LogP contribution in [0.3, 0.4) is 0 Å². The SMILES string of the molecule is Cn1cc(C=C(C#N)c2nc(-c3ccccc3)nn2C)c(C(C)(C)C)n1. The van der Waals surface area contributed by atoms with Gasteiger partial charge >= 0.3 is 0 Å². The minimum absolute atomic E-state index is 0.122. The Morgan fingerprint density at radius 2 is 1.81 bits per heavy atom. The van der Waals surface area contributed by atoms with Crippen molar-refractivity contribution in [2.24, 2.45) is 14.1 Å². The lowest BCUT2D eigenvalue weighted by Gasteiger charge is -2.16. The van der Waals surface area contributed by atoms with Gasteiger partial charge in [-0.05, 0) is 6.08 Å². The molecule has 0 atom stereocenters. The fourth-order valence-corrected chi connectivity index (χ4v) is 2.83. The van der Waals surface area contributed by atoms with Gasteiger partial charge in [0, 0.05) is 36.8 Å². The second-order valence-corrected chi connectivity index (χ2v) is 7.28. The number of benzene rings is 1. The quantitative estimate of drug-likeness (QED) is 0.680. The first-order valence-electron chi connectivity index (χ1n) is 8.42. The van der Waals surface area contributed by atoms with Crippen molar-refractivity contribution in [3.8, 4) is 17.5 Å². The first-order valence-corrected chi connectivity index (χ1v) is 8.42. The van der Waals surface area contributed by atoms with Crippen LogP contribution in [0.2, 0.25) is 0 Å². The van der Waals surface area contributed by atoms with E-state index in [1.807, 2.05) is 49.7 Å². The lowest BCUT2D eigenvalue weighted by molar-refractivity contribution is 0.552. The van der Waals surface area contributed by atoms with Gasteiger partial charge in [0.05, 0.1) is 11.3 Å². The lowest BCUT2D eigenvalue weighted by atomic mass is 9.89. The van der Waals surface area contributed by atoms with Crippen molar-refractivity contribution in [2.75, 3.05) is 0 Å². The molecule has 0 unspecified atom stereocenters. The number of nitrogens with zero attached hydrogens (tertiary/aromatic N) is 6. The Balaban J connectivity index is 2.08. The summed E-state index contributed by atoms with van der Waals surface area (Å²) in [6, 6.07) is 12.0. The van der Waals surface area contributed by atoms with E-state index >= 15 is 0 Å². The van der Waals surface area contributed by atoms with Gasteiger partial charge in [-0.2, -0.15) is 15.5 Å². The minimum atomic E-state index is -0.122. The highest BCUT2D eigenvalue weighted by molar-refractivity contribution is 5.88. The lowest BCUT2D eigenvalue weighted by Crippen LogP contribution is -2.14. The molecular weight excluding hydrogens is 324 g/mol. The summed E-state index contributed by atoms with van der Waals surface area (Å²) in [6.07, 6.45) is 3.76. The van der Waals surface area contributed by atoms with Crippen LogP contribution in [0.1, 0.15) is 37.9 Å². The number of hydrogen-bond acceptors (Lipinski definition) is 4. The van der Waals surface area contributed by atoms with Gasteiger partial charge in [-0.15, -0.1) is 0 Å². The molecule has 0 aliphatic rings. The zero-order chi connectivity index (χ0) is 18.9. The summed E-state index contributed by atoms with van der Waals surface area (Å²) in [6.45, 7) is 6.32. The standard InChI is InChI=1S/C20H22N6/c1-20(2,3)17-16(13-25(4)23-17)11-15(12-21)19-22-18(24-26(19)5)14-9-7-6-8-10-14/h6-11,13H,1-5H3. The average Bonchev–Trinajstić information content (AvgIpc) is 3.16. The normalized spacial score (nSPS) is 12.2. The van der Waals surface area contributed by atoms with Crippen LogP contribution < -0.4 is 0 Å². The number of rotatable bonds is 3. The van der Waals surface area contributed by atoms with Crippen molar-refractivity contribution in [1.29, 1.82) is 5.26 Å². The molecule has 6 nitrogen and oxygen atoms in total. The van der Waals surface area contributed by atoms with Crippen molar-refractivity contribution < 1.29 is 0 Å². The molecule has 0 spiro atoms. The molecule has 132 valence electrons. The Bertz CT molecular complexity index is 993. The average molecular weight is 346 g/mol. The van der Waals surface area contributed by atoms with Gasteiger partial charge in [0.15, 0.2) is 11.6 Å². The number of hydrogen-bond donors (Lipinski definition) is 0. The predicted molar refractivity (Wildman–Crippen MR) is 102 cm³/mol. The van der Waals surface area contributed by atoms with Gasteiger partial charge in [-0.1, -0.05) is 51.1 Å². The predicted octanol–water partition coefficient (Wildman–Crippen LogP) is 3.58. The van der Waals surface area contributed by atoms with Gasteiger partial charge in [-0.3, -0.25) is 4.68 Å². The molecule has 2 heterocycles. The third-order valence-corrected chi connectivity index (χ3v) is 4.02. The molecule has 26 heavy (non-hydrogen) atoms.